The first-order valence-electron chi connectivity index (χ1n) is 7.13. The van der Waals surface area contributed by atoms with E-state index in [1.807, 2.05) is 16.9 Å². The Labute approximate surface area is 128 Å². The van der Waals surface area contributed by atoms with E-state index in [-0.39, 0.29) is 0 Å². The highest BCUT2D eigenvalue weighted by Gasteiger charge is 2.08. The number of aryl methyl sites for hydroxylation is 2. The molecule has 1 N–H and O–H groups in total. The van der Waals surface area contributed by atoms with Crippen molar-refractivity contribution in [2.75, 3.05) is 5.32 Å². The summed E-state index contributed by atoms with van der Waals surface area (Å²) in [5, 5.41) is 8.88. The number of nitrogens with zero attached hydrogens (tertiary/aromatic N) is 4. The van der Waals surface area contributed by atoms with Gasteiger partial charge in [0.15, 0.2) is 5.82 Å². The van der Waals surface area contributed by atoms with Gasteiger partial charge in [-0.25, -0.2) is 9.97 Å². The largest absolute Gasteiger partial charge is 0.323 e. The van der Waals surface area contributed by atoms with Gasteiger partial charge in [-0.1, -0.05) is 13.8 Å². The Hall–Kier alpha value is -1.95. The molecule has 5 nitrogen and oxygen atoms in total. The van der Waals surface area contributed by atoms with Crippen LogP contribution in [0.1, 0.15) is 25.1 Å². The van der Waals surface area contributed by atoms with E-state index in [4.69, 9.17) is 0 Å². The molecule has 3 heterocycles. The summed E-state index contributed by atoms with van der Waals surface area (Å²) in [4.78, 5) is 10.9. The van der Waals surface area contributed by atoms with Gasteiger partial charge in [-0.05, 0) is 25.3 Å². The van der Waals surface area contributed by atoms with Crippen molar-refractivity contribution >= 4 is 33.2 Å². The van der Waals surface area contributed by atoms with Gasteiger partial charge in [-0.15, -0.1) is 11.3 Å². The predicted octanol–water partition coefficient (Wildman–Crippen LogP) is 3.99. The van der Waals surface area contributed by atoms with Crippen LogP contribution in [0.25, 0.3) is 10.2 Å². The maximum atomic E-state index is 4.54. The fourth-order valence-electron chi connectivity index (χ4n) is 2.14. The van der Waals surface area contributed by atoms with Crippen LogP contribution in [0.15, 0.2) is 24.7 Å². The minimum Gasteiger partial charge on any atom is -0.323 e. The summed E-state index contributed by atoms with van der Waals surface area (Å²) in [6, 6.07) is 4.09. The monoisotopic (exact) mass is 301 g/mol. The van der Waals surface area contributed by atoms with Gasteiger partial charge in [0.2, 0.25) is 0 Å². The van der Waals surface area contributed by atoms with E-state index in [9.17, 15) is 0 Å². The van der Waals surface area contributed by atoms with Crippen LogP contribution < -0.4 is 5.32 Å². The molecule has 0 fully saturated rings. The molecular weight excluding hydrogens is 282 g/mol. The van der Waals surface area contributed by atoms with Crippen molar-refractivity contribution in [3.63, 3.8) is 0 Å². The number of anilines is 2. The first kappa shape index (κ1) is 14.0. The van der Waals surface area contributed by atoms with Gasteiger partial charge in [-0.2, -0.15) is 5.10 Å². The molecule has 110 valence electrons. The molecule has 0 saturated carbocycles. The minimum absolute atomic E-state index is 0.681. The van der Waals surface area contributed by atoms with Gasteiger partial charge < -0.3 is 5.32 Å². The summed E-state index contributed by atoms with van der Waals surface area (Å²) in [5.74, 6) is 2.32. The molecule has 0 aliphatic heterocycles. The third-order valence-electron chi connectivity index (χ3n) is 3.28. The molecule has 21 heavy (non-hydrogen) atoms. The van der Waals surface area contributed by atoms with E-state index in [0.29, 0.717) is 5.92 Å². The second kappa shape index (κ2) is 5.81. The average molecular weight is 301 g/mol. The molecule has 3 rings (SSSR count). The molecule has 0 aromatic carbocycles. The number of thiophene rings is 1. The molecule has 6 heteroatoms. The number of nitrogens with one attached hydrogen (secondary N) is 1. The van der Waals surface area contributed by atoms with Gasteiger partial charge >= 0.3 is 0 Å². The molecule has 0 aliphatic rings. The molecule has 0 spiro atoms. The lowest BCUT2D eigenvalue weighted by Crippen LogP contribution is -2.03. The minimum atomic E-state index is 0.681. The lowest BCUT2D eigenvalue weighted by Gasteiger charge is -2.05. The Balaban J connectivity index is 1.79. The van der Waals surface area contributed by atoms with E-state index in [1.165, 1.54) is 4.88 Å². The van der Waals surface area contributed by atoms with Crippen LogP contribution in [0.2, 0.25) is 0 Å². The van der Waals surface area contributed by atoms with E-state index < -0.39 is 0 Å². The standard InChI is InChI=1S/C15H19N5S/c1-10(2)4-6-20-7-5-13(19-20)18-14-12-8-11(3)21-15(12)17-9-16-14/h5,7-10H,4,6H2,1-3H3,(H,16,17,18,19). The number of fused-ring (bicyclic) bond motifs is 1. The fourth-order valence-corrected chi connectivity index (χ4v) is 2.99. The number of rotatable bonds is 5. The number of hydrogen-bond acceptors (Lipinski definition) is 5. The van der Waals surface area contributed by atoms with Crippen molar-refractivity contribution in [3.8, 4) is 0 Å². The van der Waals surface area contributed by atoms with Gasteiger partial charge in [0.1, 0.15) is 17.0 Å². The van der Waals surface area contributed by atoms with E-state index in [0.717, 1.165) is 34.8 Å². The van der Waals surface area contributed by atoms with Crippen LogP contribution >= 0.6 is 11.3 Å². The van der Waals surface area contributed by atoms with Gasteiger partial charge in [-0.3, -0.25) is 4.68 Å². The van der Waals surface area contributed by atoms with Crippen molar-refractivity contribution in [2.45, 2.75) is 33.7 Å². The summed E-state index contributed by atoms with van der Waals surface area (Å²) < 4.78 is 1.97. The van der Waals surface area contributed by atoms with Gasteiger partial charge in [0, 0.05) is 23.7 Å². The summed E-state index contributed by atoms with van der Waals surface area (Å²) in [6.45, 7) is 7.46. The second-order valence-electron chi connectivity index (χ2n) is 5.57. The van der Waals surface area contributed by atoms with Crippen molar-refractivity contribution in [1.29, 1.82) is 0 Å². The highest BCUT2D eigenvalue weighted by molar-refractivity contribution is 7.18. The highest BCUT2D eigenvalue weighted by Crippen LogP contribution is 2.28. The normalized spacial score (nSPS) is 11.4. The third kappa shape index (κ3) is 3.21. The molecule has 0 radical (unpaired) electrons. The molecule has 0 bridgehead atoms. The molecule has 3 aromatic rings. The smallest absolute Gasteiger partial charge is 0.153 e. The Bertz CT molecular complexity index is 743. The van der Waals surface area contributed by atoms with Gasteiger partial charge in [0.05, 0.1) is 5.39 Å². The van der Waals surface area contributed by atoms with Crippen molar-refractivity contribution in [1.82, 2.24) is 19.7 Å². The first-order valence-corrected chi connectivity index (χ1v) is 7.95. The van der Waals surface area contributed by atoms with Crippen molar-refractivity contribution in [2.24, 2.45) is 5.92 Å². The Kier molecular flexibility index (Phi) is 3.88. The van der Waals surface area contributed by atoms with Crippen molar-refractivity contribution in [3.05, 3.63) is 29.5 Å². The van der Waals surface area contributed by atoms with Crippen LogP contribution in [0.3, 0.4) is 0 Å². The van der Waals surface area contributed by atoms with E-state index in [2.05, 4.69) is 47.2 Å². The molecule has 3 aromatic heterocycles. The quantitative estimate of drug-likeness (QED) is 0.774. The Morgan fingerprint density at radius 1 is 1.33 bits per heavy atom. The highest BCUT2D eigenvalue weighted by atomic mass is 32.1. The SMILES string of the molecule is Cc1cc2c(Nc3ccn(CCC(C)C)n3)ncnc2s1. The van der Waals surface area contributed by atoms with E-state index in [1.54, 1.807) is 17.7 Å². The maximum Gasteiger partial charge on any atom is 0.153 e. The first-order chi connectivity index (χ1) is 10.1. The molecule has 0 amide bonds. The van der Waals surface area contributed by atoms with Crippen LogP contribution in [0.4, 0.5) is 11.6 Å². The van der Waals surface area contributed by atoms with E-state index >= 15 is 0 Å². The summed E-state index contributed by atoms with van der Waals surface area (Å²) >= 11 is 1.68. The average Bonchev–Trinajstić information content (AvgIpc) is 3.02. The third-order valence-corrected chi connectivity index (χ3v) is 4.23. The molecule has 0 saturated heterocycles. The Morgan fingerprint density at radius 3 is 3.00 bits per heavy atom. The summed E-state index contributed by atoms with van der Waals surface area (Å²) in [5.41, 5.74) is 0. The topological polar surface area (TPSA) is 55.6 Å². The molecular formula is C15H19N5S. The van der Waals surface area contributed by atoms with Crippen LogP contribution in [-0.4, -0.2) is 19.7 Å². The Morgan fingerprint density at radius 2 is 2.19 bits per heavy atom. The maximum absolute atomic E-state index is 4.54. The second-order valence-corrected chi connectivity index (χ2v) is 6.80. The van der Waals surface area contributed by atoms with Crippen LogP contribution in [0.5, 0.6) is 0 Å². The lowest BCUT2D eigenvalue weighted by atomic mass is 10.1. The molecule has 0 atom stereocenters. The fraction of sp³-hybridized carbons (Fsp3) is 0.400. The van der Waals surface area contributed by atoms with Crippen LogP contribution in [-0.2, 0) is 6.54 Å². The zero-order chi connectivity index (χ0) is 14.8. The van der Waals surface area contributed by atoms with Gasteiger partial charge in [0.25, 0.3) is 0 Å². The lowest BCUT2D eigenvalue weighted by molar-refractivity contribution is 0.488. The zero-order valence-electron chi connectivity index (χ0n) is 12.5. The molecule has 0 aliphatic carbocycles. The van der Waals surface area contributed by atoms with Crippen LogP contribution in [0, 0.1) is 12.8 Å². The number of aromatic nitrogens is 4. The summed E-state index contributed by atoms with van der Waals surface area (Å²) in [7, 11) is 0. The summed E-state index contributed by atoms with van der Waals surface area (Å²) in [6.07, 6.45) is 4.72. The number of hydrogen-bond donors (Lipinski definition) is 1. The predicted molar refractivity (Wildman–Crippen MR) is 87.1 cm³/mol. The zero-order valence-corrected chi connectivity index (χ0v) is 13.3. The molecule has 0 unspecified atom stereocenters. The van der Waals surface area contributed by atoms with Crippen molar-refractivity contribution < 1.29 is 0 Å².